The van der Waals surface area contributed by atoms with Crippen molar-refractivity contribution in [2.45, 2.75) is 23.6 Å². The topological polar surface area (TPSA) is 46.6 Å². The molecule has 0 aliphatic carbocycles. The largest absolute Gasteiger partial charge is 0.384 e. The zero-order valence-electron chi connectivity index (χ0n) is 11.9. The summed E-state index contributed by atoms with van der Waals surface area (Å²) >= 11 is 9.12. The van der Waals surface area contributed by atoms with E-state index in [4.69, 9.17) is 16.3 Å². The molecule has 0 aromatic heterocycles. The molecule has 1 fully saturated rings. The van der Waals surface area contributed by atoms with Crippen molar-refractivity contribution >= 4 is 37.6 Å². The fourth-order valence-corrected chi connectivity index (χ4v) is 5.40. The first kappa shape index (κ1) is 17.2. The normalized spacial score (nSPS) is 20.6. The number of benzene rings is 1. The highest BCUT2D eigenvalue weighted by molar-refractivity contribution is 9.10. The van der Waals surface area contributed by atoms with Crippen LogP contribution in [0, 0.1) is 5.92 Å². The first-order chi connectivity index (χ1) is 9.98. The fraction of sp³-hybridized carbons (Fsp3) is 0.571. The van der Waals surface area contributed by atoms with Gasteiger partial charge in [-0.2, -0.15) is 4.31 Å². The van der Waals surface area contributed by atoms with Gasteiger partial charge in [0.1, 0.15) is 0 Å². The summed E-state index contributed by atoms with van der Waals surface area (Å²) < 4.78 is 32.8. The molecule has 1 aromatic carbocycles. The summed E-state index contributed by atoms with van der Waals surface area (Å²) in [6.45, 7) is 1.67. The van der Waals surface area contributed by atoms with Crippen molar-refractivity contribution in [2.24, 2.45) is 5.92 Å². The third-order valence-electron chi connectivity index (χ3n) is 3.65. The molecule has 1 atom stereocenters. The Morgan fingerprint density at radius 1 is 1.48 bits per heavy atom. The minimum absolute atomic E-state index is 0.263. The van der Waals surface area contributed by atoms with Gasteiger partial charge in [-0.15, -0.1) is 11.6 Å². The van der Waals surface area contributed by atoms with E-state index >= 15 is 0 Å². The van der Waals surface area contributed by atoms with Gasteiger partial charge in [0.15, 0.2) is 0 Å². The maximum atomic E-state index is 12.8. The molecule has 1 aliphatic rings. The molecule has 1 saturated heterocycles. The molecule has 1 aliphatic heterocycles. The first-order valence-electron chi connectivity index (χ1n) is 6.82. The van der Waals surface area contributed by atoms with Gasteiger partial charge >= 0.3 is 0 Å². The number of hydrogen-bond acceptors (Lipinski definition) is 3. The van der Waals surface area contributed by atoms with Crippen LogP contribution in [0.4, 0.5) is 0 Å². The lowest BCUT2D eigenvalue weighted by Crippen LogP contribution is -2.41. The molecule has 1 unspecified atom stereocenters. The lowest BCUT2D eigenvalue weighted by molar-refractivity contribution is 0.118. The Morgan fingerprint density at radius 3 is 2.86 bits per heavy atom. The molecule has 0 amide bonds. The maximum Gasteiger partial charge on any atom is 0.244 e. The first-order valence-corrected chi connectivity index (χ1v) is 9.59. The van der Waals surface area contributed by atoms with Gasteiger partial charge in [-0.3, -0.25) is 0 Å². The van der Waals surface area contributed by atoms with Crippen LogP contribution in [0.15, 0.2) is 27.6 Å². The summed E-state index contributed by atoms with van der Waals surface area (Å²) in [7, 11) is -1.83. The highest BCUT2D eigenvalue weighted by Gasteiger charge is 2.31. The van der Waals surface area contributed by atoms with Crippen molar-refractivity contribution in [1.29, 1.82) is 0 Å². The number of rotatable bonds is 5. The van der Waals surface area contributed by atoms with E-state index in [1.807, 2.05) is 0 Å². The molecule has 0 N–H and O–H groups in total. The van der Waals surface area contributed by atoms with E-state index in [-0.39, 0.29) is 5.92 Å². The van der Waals surface area contributed by atoms with E-state index in [0.29, 0.717) is 34.9 Å². The highest BCUT2D eigenvalue weighted by atomic mass is 79.9. The molecule has 0 saturated carbocycles. The Balaban J connectivity index is 2.25. The summed E-state index contributed by atoms with van der Waals surface area (Å²) in [6.07, 6.45) is 1.87. The van der Waals surface area contributed by atoms with Gasteiger partial charge < -0.3 is 4.74 Å². The highest BCUT2D eigenvalue weighted by Crippen LogP contribution is 2.29. The molecule has 21 heavy (non-hydrogen) atoms. The summed E-state index contributed by atoms with van der Waals surface area (Å²) in [4.78, 5) is 0.300. The summed E-state index contributed by atoms with van der Waals surface area (Å²) in [5, 5.41) is 0. The smallest absolute Gasteiger partial charge is 0.244 e. The van der Waals surface area contributed by atoms with E-state index < -0.39 is 10.0 Å². The van der Waals surface area contributed by atoms with Crippen LogP contribution in [0.5, 0.6) is 0 Å². The van der Waals surface area contributed by atoms with Crippen molar-refractivity contribution in [3.63, 3.8) is 0 Å². The van der Waals surface area contributed by atoms with Crippen molar-refractivity contribution in [1.82, 2.24) is 4.31 Å². The molecule has 1 aromatic rings. The van der Waals surface area contributed by atoms with E-state index in [1.54, 1.807) is 29.6 Å². The molecule has 1 heterocycles. The van der Waals surface area contributed by atoms with E-state index in [2.05, 4.69) is 15.9 Å². The number of nitrogens with zero attached hydrogens (tertiary/aromatic N) is 1. The van der Waals surface area contributed by atoms with Gasteiger partial charge in [0.05, 0.1) is 11.5 Å². The number of piperidine rings is 1. The van der Waals surface area contributed by atoms with Gasteiger partial charge in [0, 0.05) is 30.6 Å². The van der Waals surface area contributed by atoms with Crippen molar-refractivity contribution in [3.05, 3.63) is 28.2 Å². The van der Waals surface area contributed by atoms with Crippen LogP contribution in [-0.2, 0) is 20.6 Å². The predicted octanol–water partition coefficient (Wildman–Crippen LogP) is 3.24. The molecular formula is C14H19BrClNO3S. The SMILES string of the molecule is COCC1CCCN(S(=O)(=O)c2ccc(CCl)cc2Br)C1. The summed E-state index contributed by atoms with van der Waals surface area (Å²) in [5.74, 6) is 0.623. The van der Waals surface area contributed by atoms with Gasteiger partial charge in [0.2, 0.25) is 10.0 Å². The quantitative estimate of drug-likeness (QED) is 0.718. The second-order valence-corrected chi connectivity index (χ2v) is 8.25. The molecule has 2 rings (SSSR count). The Hall–Kier alpha value is -0.140. The molecule has 118 valence electrons. The summed E-state index contributed by atoms with van der Waals surface area (Å²) in [5.41, 5.74) is 0.887. The molecule has 0 spiro atoms. The van der Waals surface area contributed by atoms with Gasteiger partial charge in [-0.05, 0) is 52.4 Å². The number of halogens is 2. The standard InChI is InChI=1S/C14H19BrClNO3S/c1-20-10-12-3-2-6-17(9-12)21(18,19)14-5-4-11(8-16)7-13(14)15/h4-5,7,12H,2-3,6,8-10H2,1H3. The van der Waals surface area contributed by atoms with E-state index in [0.717, 1.165) is 18.4 Å². The minimum Gasteiger partial charge on any atom is -0.384 e. The Kier molecular flexibility index (Phi) is 6.08. The second kappa shape index (κ2) is 7.42. The number of hydrogen-bond donors (Lipinski definition) is 0. The van der Waals surface area contributed by atoms with Crippen LogP contribution >= 0.6 is 27.5 Å². The molecule has 4 nitrogen and oxygen atoms in total. The molecule has 7 heteroatoms. The van der Waals surface area contributed by atoms with Crippen LogP contribution in [0.2, 0.25) is 0 Å². The predicted molar refractivity (Wildman–Crippen MR) is 87.1 cm³/mol. The molecule has 0 radical (unpaired) electrons. The van der Waals surface area contributed by atoms with Crippen LogP contribution in [-0.4, -0.2) is 39.5 Å². The molecule has 0 bridgehead atoms. The minimum atomic E-state index is -3.48. The van der Waals surface area contributed by atoms with Crippen LogP contribution in [0.25, 0.3) is 0 Å². The maximum absolute atomic E-state index is 12.8. The monoisotopic (exact) mass is 395 g/mol. The van der Waals surface area contributed by atoms with Crippen LogP contribution in [0.3, 0.4) is 0 Å². The molecular weight excluding hydrogens is 378 g/mol. The van der Waals surface area contributed by atoms with Crippen molar-refractivity contribution in [3.8, 4) is 0 Å². The average molecular weight is 397 g/mol. The second-order valence-electron chi connectivity index (χ2n) is 5.23. The third kappa shape index (κ3) is 3.99. The Morgan fingerprint density at radius 2 is 2.24 bits per heavy atom. The zero-order chi connectivity index (χ0) is 15.5. The van der Waals surface area contributed by atoms with Gasteiger partial charge in [-0.25, -0.2) is 8.42 Å². The third-order valence-corrected chi connectivity index (χ3v) is 6.80. The van der Waals surface area contributed by atoms with Crippen LogP contribution in [0.1, 0.15) is 18.4 Å². The zero-order valence-corrected chi connectivity index (χ0v) is 15.0. The number of ether oxygens (including phenoxy) is 1. The van der Waals surface area contributed by atoms with Crippen molar-refractivity contribution < 1.29 is 13.2 Å². The van der Waals surface area contributed by atoms with Gasteiger partial charge in [0.25, 0.3) is 0 Å². The lowest BCUT2D eigenvalue weighted by atomic mass is 10.0. The van der Waals surface area contributed by atoms with Crippen molar-refractivity contribution in [2.75, 3.05) is 26.8 Å². The Labute approximate surface area is 139 Å². The van der Waals surface area contributed by atoms with E-state index in [9.17, 15) is 8.42 Å². The van der Waals surface area contributed by atoms with E-state index in [1.165, 1.54) is 0 Å². The number of sulfonamides is 1. The van der Waals surface area contributed by atoms with Crippen LogP contribution < -0.4 is 0 Å². The fourth-order valence-electron chi connectivity index (χ4n) is 2.59. The summed E-state index contributed by atoms with van der Waals surface area (Å²) in [6, 6.07) is 5.13. The van der Waals surface area contributed by atoms with Gasteiger partial charge in [-0.1, -0.05) is 6.07 Å². The average Bonchev–Trinajstić information content (AvgIpc) is 2.47. The lowest BCUT2D eigenvalue weighted by Gasteiger charge is -2.31. The number of methoxy groups -OCH3 is 1. The number of alkyl halides is 1. The Bertz CT molecular complexity index is 592.